The van der Waals surface area contributed by atoms with Crippen molar-refractivity contribution < 1.29 is 27.4 Å². The molecule has 11 nitrogen and oxygen atoms in total. The number of carbonyl (C=O) groups excluding carboxylic acids is 1. The minimum atomic E-state index is -2.78. The number of pyridine rings is 1. The van der Waals surface area contributed by atoms with E-state index in [2.05, 4.69) is 25.6 Å². The second kappa shape index (κ2) is 14.6. The number of amides is 1. The molecule has 1 atom stereocenters. The molecule has 1 aliphatic carbocycles. The van der Waals surface area contributed by atoms with Crippen LogP contribution >= 0.6 is 11.6 Å². The van der Waals surface area contributed by atoms with Crippen molar-refractivity contribution in [3.8, 4) is 22.9 Å². The largest absolute Gasteiger partial charge is 0.755 e. The van der Waals surface area contributed by atoms with Gasteiger partial charge in [0.25, 0.3) is 0 Å². The second-order valence-electron chi connectivity index (χ2n) is 12.1. The smallest absolute Gasteiger partial charge is 0.407 e. The number of hydrogen-bond donors (Lipinski definition) is 2. The Balaban J connectivity index is 1.30. The van der Waals surface area contributed by atoms with Crippen LogP contribution in [0.3, 0.4) is 0 Å². The maximum absolute atomic E-state index is 15.6. The molecule has 0 radical (unpaired) electrons. The summed E-state index contributed by atoms with van der Waals surface area (Å²) < 4.78 is 52.2. The van der Waals surface area contributed by atoms with Gasteiger partial charge in [-0.3, -0.25) is 8.51 Å². The number of alkyl carbamates (subject to hydrolysis) is 1. The van der Waals surface area contributed by atoms with Crippen molar-refractivity contribution in [1.29, 1.82) is 0 Å². The molecule has 0 bridgehead atoms. The Morgan fingerprint density at radius 1 is 1.04 bits per heavy atom. The molecule has 5 rings (SSSR count). The van der Waals surface area contributed by atoms with E-state index in [0.717, 1.165) is 36.1 Å². The van der Waals surface area contributed by atoms with E-state index in [0.29, 0.717) is 22.8 Å². The van der Waals surface area contributed by atoms with Crippen molar-refractivity contribution in [3.63, 3.8) is 0 Å². The maximum atomic E-state index is 15.6. The van der Waals surface area contributed by atoms with Crippen LogP contribution in [0.25, 0.3) is 11.3 Å². The fraction of sp³-hybridized carbons (Fsp3) is 0.333. The first-order chi connectivity index (χ1) is 22.4. The molecule has 47 heavy (non-hydrogen) atoms. The molecule has 2 N–H and O–H groups in total. The van der Waals surface area contributed by atoms with E-state index in [-0.39, 0.29) is 40.1 Å². The maximum Gasteiger partial charge on any atom is 0.407 e. The first kappa shape index (κ1) is 34.0. The number of ether oxygens (including phenoxy) is 2. The zero-order valence-corrected chi connectivity index (χ0v) is 27.9. The number of aryl methyl sites for hydroxylation is 1. The molecule has 14 heteroatoms. The second-order valence-corrected chi connectivity index (χ2v) is 13.3. The van der Waals surface area contributed by atoms with Crippen molar-refractivity contribution in [2.24, 2.45) is 0 Å². The fourth-order valence-electron chi connectivity index (χ4n) is 5.26. The Hall–Kier alpha value is -4.33. The van der Waals surface area contributed by atoms with Gasteiger partial charge in [-0.2, -0.15) is 0 Å². The minimum absolute atomic E-state index is 0.0323. The van der Waals surface area contributed by atoms with Gasteiger partial charge in [0.05, 0.1) is 38.9 Å². The van der Waals surface area contributed by atoms with Crippen molar-refractivity contribution in [1.82, 2.24) is 20.3 Å². The number of para-hydroxylation sites is 1. The summed E-state index contributed by atoms with van der Waals surface area (Å²) in [5.41, 5.74) is 1.03. The highest BCUT2D eigenvalue weighted by molar-refractivity contribution is 7.81. The Morgan fingerprint density at radius 3 is 2.45 bits per heavy atom. The summed E-state index contributed by atoms with van der Waals surface area (Å²) in [6.07, 6.45) is 5.89. The predicted octanol–water partition coefficient (Wildman–Crippen LogP) is 7.61. The SMILES string of the molecule is Cc1cc(N(c2ccccc2Cl)S(=O)[O-])cc(F)c1Oc1ncccc1-c1ccnc(NC2CCC(NC(=O)OC(C)(C)C)CC2)n1. The van der Waals surface area contributed by atoms with Gasteiger partial charge in [-0.25, -0.2) is 24.1 Å². The molecule has 0 saturated heterocycles. The molecule has 1 aliphatic rings. The van der Waals surface area contributed by atoms with Gasteiger partial charge in [0.15, 0.2) is 11.6 Å². The third-order valence-electron chi connectivity index (χ3n) is 7.35. The number of halogens is 2. The minimum Gasteiger partial charge on any atom is -0.755 e. The highest BCUT2D eigenvalue weighted by Crippen LogP contribution is 2.39. The third kappa shape index (κ3) is 8.73. The van der Waals surface area contributed by atoms with Crippen LogP contribution in [0.4, 0.5) is 26.5 Å². The summed E-state index contributed by atoms with van der Waals surface area (Å²) in [6, 6.07) is 14.2. The van der Waals surface area contributed by atoms with E-state index in [1.165, 1.54) is 18.3 Å². The lowest BCUT2D eigenvalue weighted by atomic mass is 9.91. The average molecular weight is 682 g/mol. The van der Waals surface area contributed by atoms with Crippen molar-refractivity contribution in [2.75, 3.05) is 9.62 Å². The summed E-state index contributed by atoms with van der Waals surface area (Å²) in [7, 11) is 0. The number of hydrogen-bond acceptors (Lipinski definition) is 9. The van der Waals surface area contributed by atoms with E-state index < -0.39 is 28.8 Å². The van der Waals surface area contributed by atoms with Gasteiger partial charge in [0.2, 0.25) is 11.8 Å². The van der Waals surface area contributed by atoms with Crippen LogP contribution in [0, 0.1) is 12.7 Å². The van der Waals surface area contributed by atoms with Crippen LogP contribution in [0.1, 0.15) is 52.0 Å². The third-order valence-corrected chi connectivity index (χ3v) is 8.38. The zero-order valence-electron chi connectivity index (χ0n) is 26.3. The lowest BCUT2D eigenvalue weighted by molar-refractivity contribution is 0.0492. The van der Waals surface area contributed by atoms with Gasteiger partial charge in [0, 0.05) is 30.5 Å². The van der Waals surface area contributed by atoms with Crippen LogP contribution in [0.2, 0.25) is 5.02 Å². The predicted molar refractivity (Wildman–Crippen MR) is 178 cm³/mol. The van der Waals surface area contributed by atoms with E-state index >= 15 is 4.39 Å². The Labute approximate surface area is 280 Å². The summed E-state index contributed by atoms with van der Waals surface area (Å²) in [6.45, 7) is 7.10. The van der Waals surface area contributed by atoms with Crippen LogP contribution in [-0.4, -0.2) is 47.5 Å². The summed E-state index contributed by atoms with van der Waals surface area (Å²) in [5.74, 6) is -0.386. The van der Waals surface area contributed by atoms with Gasteiger partial charge in [-0.05, 0) is 95.3 Å². The quantitative estimate of drug-likeness (QED) is 0.171. The topological polar surface area (TPSA) is 142 Å². The van der Waals surface area contributed by atoms with E-state index in [4.69, 9.17) is 21.1 Å². The lowest BCUT2D eigenvalue weighted by Crippen LogP contribution is -2.42. The van der Waals surface area contributed by atoms with Gasteiger partial charge in [-0.1, -0.05) is 23.7 Å². The number of anilines is 3. The van der Waals surface area contributed by atoms with E-state index in [9.17, 15) is 13.6 Å². The summed E-state index contributed by atoms with van der Waals surface area (Å²) >= 11 is 3.46. The number of benzene rings is 2. The highest BCUT2D eigenvalue weighted by Gasteiger charge is 2.26. The fourth-order valence-corrected chi connectivity index (χ4v) is 6.13. The molecule has 0 spiro atoms. The Morgan fingerprint density at radius 2 is 1.77 bits per heavy atom. The monoisotopic (exact) mass is 681 g/mol. The van der Waals surface area contributed by atoms with Crippen LogP contribution in [0.5, 0.6) is 11.6 Å². The van der Waals surface area contributed by atoms with E-state index in [1.54, 1.807) is 49.5 Å². The van der Waals surface area contributed by atoms with Crippen molar-refractivity contribution in [3.05, 3.63) is 83.4 Å². The van der Waals surface area contributed by atoms with Gasteiger partial charge in [-0.15, -0.1) is 0 Å². The number of carbonyl (C=O) groups is 1. The molecular formula is C33H35ClFN6O5S-. The molecule has 248 valence electrons. The molecule has 4 aromatic rings. The number of rotatable bonds is 9. The van der Waals surface area contributed by atoms with Crippen LogP contribution < -0.4 is 19.7 Å². The first-order valence-corrected chi connectivity index (χ1v) is 16.5. The molecule has 1 amide bonds. The average Bonchev–Trinajstić information content (AvgIpc) is 3.00. The molecule has 2 aromatic heterocycles. The van der Waals surface area contributed by atoms with Crippen LogP contribution in [0.15, 0.2) is 67.0 Å². The molecule has 1 saturated carbocycles. The molecule has 1 fully saturated rings. The first-order valence-electron chi connectivity index (χ1n) is 15.0. The Kier molecular flexibility index (Phi) is 10.6. The molecule has 0 aliphatic heterocycles. The zero-order chi connectivity index (χ0) is 33.7. The van der Waals surface area contributed by atoms with Crippen LogP contribution in [-0.2, 0) is 16.0 Å². The summed E-state index contributed by atoms with van der Waals surface area (Å²) in [4.78, 5) is 25.5. The number of aromatic nitrogens is 3. The lowest BCUT2D eigenvalue weighted by Gasteiger charge is -2.30. The number of nitrogens with zero attached hydrogens (tertiary/aromatic N) is 4. The summed E-state index contributed by atoms with van der Waals surface area (Å²) in [5, 5.41) is 6.52. The Bertz CT molecular complexity index is 1740. The van der Waals surface area contributed by atoms with E-state index in [1.807, 2.05) is 20.8 Å². The standard InChI is InChI=1S/C33H36ClFN6O5S/c1-20-18-23(41(47(43)44)28-10-6-5-9-25(28)34)19-26(35)29(20)45-30-24(8-7-16-36-30)27-15-17-37-31(40-27)38-21-11-13-22(14-12-21)39-32(42)46-33(2,3)4/h5-10,15-19,21-22H,11-14H2,1-4H3,(H,39,42)(H,43,44)(H,37,38,40)/p-1. The molecule has 2 heterocycles. The normalized spacial score (nSPS) is 17.0. The van der Waals surface area contributed by atoms with Gasteiger partial charge >= 0.3 is 6.09 Å². The van der Waals surface area contributed by atoms with Gasteiger partial charge < -0.3 is 24.7 Å². The van der Waals surface area contributed by atoms with Gasteiger partial charge in [0.1, 0.15) is 5.60 Å². The van der Waals surface area contributed by atoms with Crippen molar-refractivity contribution in [2.45, 2.75) is 71.1 Å². The molecular weight excluding hydrogens is 647 g/mol. The highest BCUT2D eigenvalue weighted by atomic mass is 35.5. The molecule has 2 aromatic carbocycles. The molecule has 1 unspecified atom stereocenters. The number of nitrogens with one attached hydrogen (secondary N) is 2. The van der Waals surface area contributed by atoms with Crippen molar-refractivity contribution >= 4 is 46.3 Å².